The zero-order valence-corrected chi connectivity index (χ0v) is 21.4. The Morgan fingerprint density at radius 2 is 1.79 bits per heavy atom. The van der Waals surface area contributed by atoms with Crippen molar-refractivity contribution in [2.75, 3.05) is 0 Å². The Morgan fingerprint density at radius 3 is 2.56 bits per heavy atom. The second-order valence-corrected chi connectivity index (χ2v) is 10.1. The summed E-state index contributed by atoms with van der Waals surface area (Å²) < 4.78 is 0. The number of hydrogen-bond acceptors (Lipinski definition) is 5. The van der Waals surface area contributed by atoms with E-state index >= 15 is 0 Å². The fourth-order valence-electron chi connectivity index (χ4n) is 5.71. The maximum atomic E-state index is 13.1. The number of benzene rings is 3. The van der Waals surface area contributed by atoms with Gasteiger partial charge in [0, 0.05) is 35.9 Å². The number of carbonyl (C=O) groups excluding carboxylic acids is 4. The van der Waals surface area contributed by atoms with Gasteiger partial charge in [-0.05, 0) is 47.7 Å². The van der Waals surface area contributed by atoms with E-state index in [1.807, 2.05) is 67.6 Å². The van der Waals surface area contributed by atoms with Gasteiger partial charge in [0.05, 0.1) is 16.8 Å². The summed E-state index contributed by atoms with van der Waals surface area (Å²) in [4.78, 5) is 56.5. The molecule has 0 saturated carbocycles. The molecule has 3 heterocycles. The van der Waals surface area contributed by atoms with Gasteiger partial charge in [0.2, 0.25) is 17.7 Å². The summed E-state index contributed by atoms with van der Waals surface area (Å²) >= 11 is 0. The minimum atomic E-state index is -0.676. The molecule has 8 heteroatoms. The lowest BCUT2D eigenvalue weighted by Crippen LogP contribution is -2.52. The van der Waals surface area contributed by atoms with Gasteiger partial charge < -0.3 is 10.6 Å². The average Bonchev–Trinajstić information content (AvgIpc) is 3.23. The Balaban J connectivity index is 1.43. The third-order valence-corrected chi connectivity index (χ3v) is 7.61. The van der Waals surface area contributed by atoms with E-state index in [0.29, 0.717) is 40.6 Å². The molecule has 0 aliphatic carbocycles. The quantitative estimate of drug-likeness (QED) is 0.391. The van der Waals surface area contributed by atoms with Crippen LogP contribution in [0, 0.1) is 6.92 Å². The smallest absolute Gasteiger partial charge is 0.255 e. The van der Waals surface area contributed by atoms with E-state index in [2.05, 4.69) is 5.32 Å². The highest BCUT2D eigenvalue weighted by atomic mass is 16.2. The highest BCUT2D eigenvalue weighted by Gasteiger charge is 2.39. The van der Waals surface area contributed by atoms with Crippen LogP contribution in [0.25, 0.3) is 22.2 Å². The second-order valence-electron chi connectivity index (χ2n) is 10.1. The number of aryl methyl sites for hydroxylation is 1. The van der Waals surface area contributed by atoms with Crippen molar-refractivity contribution in [1.29, 1.82) is 0 Å². The van der Waals surface area contributed by atoms with Crippen molar-refractivity contribution in [3.8, 4) is 11.3 Å². The predicted molar refractivity (Wildman–Crippen MR) is 146 cm³/mol. The number of para-hydroxylation sites is 1. The molecule has 8 nitrogen and oxygen atoms in total. The molecule has 2 aliphatic heterocycles. The van der Waals surface area contributed by atoms with Crippen LogP contribution in [-0.4, -0.2) is 39.6 Å². The van der Waals surface area contributed by atoms with Crippen LogP contribution in [0.2, 0.25) is 0 Å². The first-order valence-electron chi connectivity index (χ1n) is 12.9. The summed E-state index contributed by atoms with van der Waals surface area (Å²) in [6, 6.07) is 20.3. The summed E-state index contributed by atoms with van der Waals surface area (Å²) in [5.41, 5.74) is 12.7. The van der Waals surface area contributed by atoms with Crippen molar-refractivity contribution in [2.45, 2.75) is 38.8 Å². The number of pyridine rings is 1. The van der Waals surface area contributed by atoms with Gasteiger partial charge in [-0.2, -0.15) is 0 Å². The van der Waals surface area contributed by atoms with E-state index < -0.39 is 17.9 Å². The number of primary amides is 1. The molecule has 39 heavy (non-hydrogen) atoms. The number of nitrogens with two attached hydrogens (primary N) is 1. The highest BCUT2D eigenvalue weighted by Crippen LogP contribution is 2.35. The third kappa shape index (κ3) is 4.24. The molecule has 4 aromatic rings. The van der Waals surface area contributed by atoms with Crippen LogP contribution in [0.1, 0.15) is 55.8 Å². The first-order chi connectivity index (χ1) is 18.8. The van der Waals surface area contributed by atoms with Gasteiger partial charge in [0.1, 0.15) is 6.04 Å². The van der Waals surface area contributed by atoms with E-state index in [4.69, 9.17) is 10.7 Å². The summed E-state index contributed by atoms with van der Waals surface area (Å²) in [5.74, 6) is -1.51. The highest BCUT2D eigenvalue weighted by molar-refractivity contribution is 6.09. The largest absolute Gasteiger partial charge is 0.366 e. The van der Waals surface area contributed by atoms with Crippen molar-refractivity contribution < 1.29 is 19.2 Å². The van der Waals surface area contributed by atoms with Crippen LogP contribution in [0.5, 0.6) is 0 Å². The molecule has 3 N–H and O–H groups in total. The molecular formula is C31H26N4O4. The molecule has 194 valence electrons. The molecule has 4 amide bonds. The van der Waals surface area contributed by atoms with Crippen molar-refractivity contribution in [3.05, 3.63) is 100 Å². The zero-order chi connectivity index (χ0) is 27.3. The lowest BCUT2D eigenvalue weighted by Gasteiger charge is -2.29. The molecular weight excluding hydrogens is 492 g/mol. The van der Waals surface area contributed by atoms with Gasteiger partial charge in [-0.25, -0.2) is 4.98 Å². The summed E-state index contributed by atoms with van der Waals surface area (Å²) in [7, 11) is 0. The maximum Gasteiger partial charge on any atom is 0.255 e. The Kier molecular flexibility index (Phi) is 5.95. The topological polar surface area (TPSA) is 122 Å². The minimum Gasteiger partial charge on any atom is -0.366 e. The number of rotatable bonds is 5. The van der Waals surface area contributed by atoms with Gasteiger partial charge >= 0.3 is 0 Å². The number of imide groups is 1. The minimum absolute atomic E-state index is 0.203. The SMILES string of the molecule is Cc1ccccc1-c1nc2ccccc2c(C(N)=O)c1Cc1ccc2c(c1)CN(C1CCC(=O)NC1=O)C2=O. The van der Waals surface area contributed by atoms with Gasteiger partial charge in [-0.3, -0.25) is 24.5 Å². The standard InChI is InChI=1S/C31H26N4O4/c1-17-6-2-3-7-20(17)28-23(27(29(32)37)22-8-4-5-9-24(22)33-28)15-18-10-11-21-19(14-18)16-35(31(21)39)25-12-13-26(36)34-30(25)38/h2-11,14,25H,12-13,15-16H2,1H3,(H2,32,37)(H,34,36,38). The Hall–Kier alpha value is -4.85. The molecule has 1 unspecified atom stereocenters. The van der Waals surface area contributed by atoms with E-state index in [-0.39, 0.29) is 24.8 Å². The van der Waals surface area contributed by atoms with E-state index in [1.54, 1.807) is 6.07 Å². The third-order valence-electron chi connectivity index (χ3n) is 7.61. The van der Waals surface area contributed by atoms with Gasteiger partial charge in [-0.15, -0.1) is 0 Å². The molecule has 1 saturated heterocycles. The van der Waals surface area contributed by atoms with Crippen LogP contribution in [0.15, 0.2) is 66.7 Å². The first kappa shape index (κ1) is 24.5. The van der Waals surface area contributed by atoms with Crippen LogP contribution >= 0.6 is 0 Å². The van der Waals surface area contributed by atoms with E-state index in [1.165, 1.54) is 4.90 Å². The Bertz CT molecular complexity index is 1710. The lowest BCUT2D eigenvalue weighted by molar-refractivity contribution is -0.136. The lowest BCUT2D eigenvalue weighted by atomic mass is 9.90. The Labute approximate surface area is 224 Å². The van der Waals surface area contributed by atoms with Crippen LogP contribution in [0.4, 0.5) is 0 Å². The summed E-state index contributed by atoms with van der Waals surface area (Å²) in [6.45, 7) is 2.28. The average molecular weight is 519 g/mol. The summed E-state index contributed by atoms with van der Waals surface area (Å²) in [6.07, 6.45) is 0.885. The number of amides is 4. The normalized spacial score (nSPS) is 16.9. The van der Waals surface area contributed by atoms with Crippen molar-refractivity contribution in [2.24, 2.45) is 5.73 Å². The molecule has 6 rings (SSSR count). The molecule has 0 bridgehead atoms. The number of nitrogens with zero attached hydrogens (tertiary/aromatic N) is 2. The number of nitrogens with one attached hydrogen (secondary N) is 1. The van der Waals surface area contributed by atoms with Crippen molar-refractivity contribution in [1.82, 2.24) is 15.2 Å². The van der Waals surface area contributed by atoms with Gasteiger partial charge in [-0.1, -0.05) is 54.6 Å². The van der Waals surface area contributed by atoms with Crippen LogP contribution < -0.4 is 11.1 Å². The number of piperidine rings is 1. The second kappa shape index (κ2) is 9.47. The van der Waals surface area contributed by atoms with E-state index in [0.717, 1.165) is 27.8 Å². The van der Waals surface area contributed by atoms with Gasteiger partial charge in [0.25, 0.3) is 5.91 Å². The molecule has 1 atom stereocenters. The summed E-state index contributed by atoms with van der Waals surface area (Å²) in [5, 5.41) is 3.03. The predicted octanol–water partition coefficient (Wildman–Crippen LogP) is 3.66. The van der Waals surface area contributed by atoms with E-state index in [9.17, 15) is 19.2 Å². The number of aromatic nitrogens is 1. The molecule has 3 aromatic carbocycles. The zero-order valence-electron chi connectivity index (χ0n) is 21.4. The number of hydrogen-bond donors (Lipinski definition) is 2. The van der Waals surface area contributed by atoms with Crippen molar-refractivity contribution >= 4 is 34.5 Å². The molecule has 0 spiro atoms. The van der Waals surface area contributed by atoms with Crippen LogP contribution in [-0.2, 0) is 22.6 Å². The van der Waals surface area contributed by atoms with Crippen LogP contribution in [0.3, 0.4) is 0 Å². The maximum absolute atomic E-state index is 13.1. The molecule has 2 aliphatic rings. The molecule has 0 radical (unpaired) electrons. The molecule has 1 fully saturated rings. The van der Waals surface area contributed by atoms with Crippen molar-refractivity contribution in [3.63, 3.8) is 0 Å². The Morgan fingerprint density at radius 1 is 1.03 bits per heavy atom. The number of carbonyl (C=O) groups is 4. The molecule has 1 aromatic heterocycles. The number of fused-ring (bicyclic) bond motifs is 2. The fraction of sp³-hybridized carbons (Fsp3) is 0.194. The van der Waals surface area contributed by atoms with Gasteiger partial charge in [0.15, 0.2) is 0 Å². The fourth-order valence-corrected chi connectivity index (χ4v) is 5.71. The first-order valence-corrected chi connectivity index (χ1v) is 12.9. The monoisotopic (exact) mass is 518 g/mol.